The first-order valence-electron chi connectivity index (χ1n) is 6.06. The summed E-state index contributed by atoms with van der Waals surface area (Å²) >= 11 is 3.25. The number of rotatable bonds is 4. The Balaban J connectivity index is 1.97. The minimum atomic E-state index is -0.369. The van der Waals surface area contributed by atoms with E-state index < -0.39 is 0 Å². The molecule has 21 heavy (non-hydrogen) atoms. The number of aryl methyl sites for hydroxylation is 1. The molecule has 0 aliphatic carbocycles. The van der Waals surface area contributed by atoms with Crippen LogP contribution in [0.5, 0.6) is 0 Å². The maximum absolute atomic E-state index is 12.2. The molecule has 2 amide bonds. The molecule has 2 heterocycles. The van der Waals surface area contributed by atoms with Gasteiger partial charge in [0.1, 0.15) is 11.5 Å². The van der Waals surface area contributed by atoms with Gasteiger partial charge in [0, 0.05) is 23.8 Å². The molecule has 0 aliphatic heterocycles. The smallest absolute Gasteiger partial charge is 0.273 e. The molecule has 7 nitrogen and oxygen atoms in total. The summed E-state index contributed by atoms with van der Waals surface area (Å²) in [6, 6.07) is 5.02. The van der Waals surface area contributed by atoms with Crippen LogP contribution >= 0.6 is 15.9 Å². The number of carbonyl (C=O) groups excluding carboxylic acids is 2. The van der Waals surface area contributed by atoms with Gasteiger partial charge in [0.05, 0.1) is 6.54 Å². The minimum absolute atomic E-state index is 0.117. The predicted octanol–water partition coefficient (Wildman–Crippen LogP) is 1.85. The Morgan fingerprint density at radius 2 is 2.24 bits per heavy atom. The van der Waals surface area contributed by atoms with Crippen LogP contribution in [0.2, 0.25) is 0 Å². The number of hydrogen-bond acceptors (Lipinski definition) is 5. The summed E-state index contributed by atoms with van der Waals surface area (Å²) in [4.78, 5) is 29.3. The summed E-state index contributed by atoms with van der Waals surface area (Å²) in [5, 5.41) is 6.19. The molecular formula is C13H13BrN4O3. The van der Waals surface area contributed by atoms with Gasteiger partial charge in [0.15, 0.2) is 5.82 Å². The van der Waals surface area contributed by atoms with Gasteiger partial charge in [-0.2, -0.15) is 0 Å². The fraction of sp³-hybridized carbons (Fsp3) is 0.231. The topological polar surface area (TPSA) is 88.3 Å². The van der Waals surface area contributed by atoms with E-state index in [1.165, 1.54) is 18.1 Å². The van der Waals surface area contributed by atoms with E-state index in [1.807, 2.05) is 0 Å². The second kappa shape index (κ2) is 6.49. The van der Waals surface area contributed by atoms with E-state index >= 15 is 0 Å². The molecule has 8 heteroatoms. The molecule has 110 valence electrons. The number of pyridine rings is 1. The Labute approximate surface area is 129 Å². The fourth-order valence-corrected chi connectivity index (χ4v) is 2.04. The normalized spacial score (nSPS) is 10.2. The highest BCUT2D eigenvalue weighted by molar-refractivity contribution is 9.10. The molecule has 0 saturated heterocycles. The van der Waals surface area contributed by atoms with Crippen LogP contribution in [0.25, 0.3) is 0 Å². The Bertz CT molecular complexity index is 671. The summed E-state index contributed by atoms with van der Waals surface area (Å²) in [5.41, 5.74) is 0.255. The van der Waals surface area contributed by atoms with Gasteiger partial charge in [-0.15, -0.1) is 0 Å². The standard InChI is InChI=1S/C13H13BrN4O3/c1-8-6-10(17-21-8)16-11(19)7-18(2)13(20)12-9(14)4-3-5-15-12/h3-6H,7H2,1-2H3,(H,16,17,19). The maximum Gasteiger partial charge on any atom is 0.273 e. The first-order chi connectivity index (χ1) is 9.97. The minimum Gasteiger partial charge on any atom is -0.360 e. The third-order valence-corrected chi connectivity index (χ3v) is 3.22. The molecule has 0 aromatic carbocycles. The third kappa shape index (κ3) is 3.88. The number of hydrogen-bond donors (Lipinski definition) is 1. The van der Waals surface area contributed by atoms with Crippen molar-refractivity contribution in [2.24, 2.45) is 0 Å². The lowest BCUT2D eigenvalue weighted by molar-refractivity contribution is -0.116. The Hall–Kier alpha value is -2.22. The first-order valence-corrected chi connectivity index (χ1v) is 6.86. The molecule has 2 aromatic heterocycles. The molecule has 2 rings (SSSR count). The van der Waals surface area contributed by atoms with Crippen molar-refractivity contribution >= 4 is 33.6 Å². The number of likely N-dealkylation sites (N-methyl/N-ethyl adjacent to an activating group) is 1. The highest BCUT2D eigenvalue weighted by Crippen LogP contribution is 2.15. The van der Waals surface area contributed by atoms with Gasteiger partial charge in [0.25, 0.3) is 5.91 Å². The van der Waals surface area contributed by atoms with Crippen molar-refractivity contribution in [3.8, 4) is 0 Å². The Kier molecular flexibility index (Phi) is 4.69. The van der Waals surface area contributed by atoms with E-state index in [2.05, 4.69) is 31.4 Å². The molecule has 0 unspecified atom stereocenters. The lowest BCUT2D eigenvalue weighted by atomic mass is 10.3. The number of anilines is 1. The van der Waals surface area contributed by atoms with Crippen molar-refractivity contribution in [3.05, 3.63) is 40.3 Å². The van der Waals surface area contributed by atoms with Crippen LogP contribution < -0.4 is 5.32 Å². The summed E-state index contributed by atoms with van der Waals surface area (Å²) in [6.45, 7) is 1.60. The van der Waals surface area contributed by atoms with Crippen LogP contribution in [-0.4, -0.2) is 40.4 Å². The maximum atomic E-state index is 12.2. The molecule has 0 aliphatic rings. The summed E-state index contributed by atoms with van der Waals surface area (Å²) in [5.74, 6) is 0.185. The van der Waals surface area contributed by atoms with Crippen LogP contribution in [0, 0.1) is 6.92 Å². The van der Waals surface area contributed by atoms with Crippen molar-refractivity contribution in [2.45, 2.75) is 6.92 Å². The van der Waals surface area contributed by atoms with Gasteiger partial charge in [0.2, 0.25) is 5.91 Å². The zero-order valence-electron chi connectivity index (χ0n) is 11.5. The van der Waals surface area contributed by atoms with Crippen LogP contribution in [0.4, 0.5) is 5.82 Å². The second-order valence-corrected chi connectivity index (χ2v) is 5.22. The monoisotopic (exact) mass is 352 g/mol. The average Bonchev–Trinajstić information content (AvgIpc) is 2.83. The Morgan fingerprint density at radius 1 is 1.48 bits per heavy atom. The zero-order valence-corrected chi connectivity index (χ0v) is 13.0. The number of aromatic nitrogens is 2. The van der Waals surface area contributed by atoms with E-state index in [0.29, 0.717) is 16.1 Å². The summed E-state index contributed by atoms with van der Waals surface area (Å²) in [7, 11) is 1.52. The van der Waals surface area contributed by atoms with Gasteiger partial charge in [-0.3, -0.25) is 9.59 Å². The van der Waals surface area contributed by atoms with Crippen molar-refractivity contribution in [3.63, 3.8) is 0 Å². The van der Waals surface area contributed by atoms with Crippen molar-refractivity contribution < 1.29 is 14.1 Å². The molecule has 0 fully saturated rings. The van der Waals surface area contributed by atoms with Crippen LogP contribution in [0.1, 0.15) is 16.2 Å². The van der Waals surface area contributed by atoms with E-state index in [1.54, 1.807) is 25.1 Å². The largest absolute Gasteiger partial charge is 0.360 e. The molecule has 1 N–H and O–H groups in total. The quantitative estimate of drug-likeness (QED) is 0.906. The molecule has 0 radical (unpaired) electrons. The van der Waals surface area contributed by atoms with E-state index in [0.717, 1.165) is 0 Å². The summed E-state index contributed by atoms with van der Waals surface area (Å²) in [6.07, 6.45) is 1.52. The second-order valence-electron chi connectivity index (χ2n) is 4.37. The predicted molar refractivity (Wildman–Crippen MR) is 78.8 cm³/mol. The lowest BCUT2D eigenvalue weighted by Crippen LogP contribution is -2.35. The van der Waals surface area contributed by atoms with E-state index in [9.17, 15) is 9.59 Å². The molecule has 0 saturated carbocycles. The van der Waals surface area contributed by atoms with Gasteiger partial charge in [-0.05, 0) is 35.0 Å². The first kappa shape index (κ1) is 15.2. The molecule has 0 spiro atoms. The SMILES string of the molecule is Cc1cc(NC(=O)CN(C)C(=O)c2ncccc2Br)no1. The van der Waals surface area contributed by atoms with Crippen molar-refractivity contribution in [1.29, 1.82) is 0 Å². The fourth-order valence-electron chi connectivity index (χ4n) is 1.62. The van der Waals surface area contributed by atoms with Crippen LogP contribution in [-0.2, 0) is 4.79 Å². The zero-order chi connectivity index (χ0) is 15.4. The number of nitrogens with one attached hydrogen (secondary N) is 1. The summed E-state index contributed by atoms with van der Waals surface area (Å²) < 4.78 is 5.42. The average molecular weight is 353 g/mol. The van der Waals surface area contributed by atoms with Gasteiger partial charge < -0.3 is 14.7 Å². The number of halogens is 1. The van der Waals surface area contributed by atoms with Crippen molar-refractivity contribution in [2.75, 3.05) is 18.9 Å². The third-order valence-electron chi connectivity index (χ3n) is 2.58. The molecule has 2 aromatic rings. The number of amides is 2. The molecular weight excluding hydrogens is 340 g/mol. The van der Waals surface area contributed by atoms with Gasteiger partial charge in [-0.25, -0.2) is 4.98 Å². The Morgan fingerprint density at radius 3 is 2.86 bits per heavy atom. The molecule has 0 bridgehead atoms. The number of nitrogens with zero attached hydrogens (tertiary/aromatic N) is 3. The van der Waals surface area contributed by atoms with E-state index in [4.69, 9.17) is 4.52 Å². The van der Waals surface area contributed by atoms with Crippen LogP contribution in [0.15, 0.2) is 33.4 Å². The lowest BCUT2D eigenvalue weighted by Gasteiger charge is -2.16. The van der Waals surface area contributed by atoms with Crippen molar-refractivity contribution in [1.82, 2.24) is 15.0 Å². The molecule has 0 atom stereocenters. The van der Waals surface area contributed by atoms with Crippen LogP contribution in [0.3, 0.4) is 0 Å². The number of carbonyl (C=O) groups is 2. The van der Waals surface area contributed by atoms with Gasteiger partial charge >= 0.3 is 0 Å². The highest BCUT2D eigenvalue weighted by atomic mass is 79.9. The van der Waals surface area contributed by atoms with Gasteiger partial charge in [-0.1, -0.05) is 5.16 Å². The highest BCUT2D eigenvalue weighted by Gasteiger charge is 2.18. The van der Waals surface area contributed by atoms with E-state index in [-0.39, 0.29) is 24.1 Å².